The molecule has 1 aromatic carbocycles. The van der Waals surface area contributed by atoms with Gasteiger partial charge in [0, 0.05) is 36.6 Å². The van der Waals surface area contributed by atoms with Crippen molar-refractivity contribution in [2.45, 2.75) is 90.8 Å². The van der Waals surface area contributed by atoms with Gasteiger partial charge in [0.25, 0.3) is 0 Å². The molecular weight excluding hydrogens is 380 g/mol. The van der Waals surface area contributed by atoms with Crippen molar-refractivity contribution in [1.29, 1.82) is 0 Å². The van der Waals surface area contributed by atoms with Crippen molar-refractivity contribution in [3.05, 3.63) is 46.8 Å². The first-order valence-electron chi connectivity index (χ1n) is 11.0. The number of nitrogens with zero attached hydrogens (tertiary/aromatic N) is 2. The van der Waals surface area contributed by atoms with E-state index in [1.807, 2.05) is 26.0 Å². The monoisotopic (exact) mass is 416 g/mol. The highest BCUT2D eigenvalue weighted by Crippen LogP contribution is 2.27. The van der Waals surface area contributed by atoms with Crippen molar-refractivity contribution in [3.8, 4) is 5.75 Å². The van der Waals surface area contributed by atoms with E-state index in [1.54, 1.807) is 0 Å². The topological polar surface area (TPSA) is 76.7 Å². The lowest BCUT2D eigenvalue weighted by molar-refractivity contribution is -0.111. The smallest absolute Gasteiger partial charge is 0.119 e. The van der Waals surface area contributed by atoms with Crippen LogP contribution in [0.15, 0.2) is 24.3 Å². The fraction of sp³-hybridized carbons (Fsp3) is 0.625. The van der Waals surface area contributed by atoms with Crippen LogP contribution in [0.5, 0.6) is 5.75 Å². The van der Waals surface area contributed by atoms with E-state index in [9.17, 15) is 10.2 Å². The number of aliphatic hydroxyl groups excluding tert-OH is 2. The first kappa shape index (κ1) is 22.8. The predicted octanol–water partition coefficient (Wildman–Crippen LogP) is 3.59. The van der Waals surface area contributed by atoms with Gasteiger partial charge in [-0.2, -0.15) is 5.10 Å². The van der Waals surface area contributed by atoms with Gasteiger partial charge in [0.05, 0.1) is 36.7 Å². The summed E-state index contributed by atoms with van der Waals surface area (Å²) < 4.78 is 13.8. The molecule has 6 nitrogen and oxygen atoms in total. The van der Waals surface area contributed by atoms with Crippen molar-refractivity contribution in [2.24, 2.45) is 0 Å². The summed E-state index contributed by atoms with van der Waals surface area (Å²) in [5.41, 5.74) is 4.60. The molecule has 1 aromatic heterocycles. The second kappa shape index (κ2) is 9.94. The van der Waals surface area contributed by atoms with E-state index < -0.39 is 6.10 Å². The quantitative estimate of drug-likeness (QED) is 0.688. The third-order valence-corrected chi connectivity index (χ3v) is 5.60. The molecule has 0 bridgehead atoms. The average molecular weight is 417 g/mol. The molecule has 166 valence electrons. The summed E-state index contributed by atoms with van der Waals surface area (Å²) in [6, 6.07) is 8.52. The van der Waals surface area contributed by atoms with Gasteiger partial charge in [0.1, 0.15) is 5.75 Å². The van der Waals surface area contributed by atoms with E-state index in [0.717, 1.165) is 23.6 Å². The van der Waals surface area contributed by atoms with Gasteiger partial charge in [-0.3, -0.25) is 4.68 Å². The lowest BCUT2D eigenvalue weighted by Crippen LogP contribution is -2.38. The minimum atomic E-state index is -0.439. The van der Waals surface area contributed by atoms with Gasteiger partial charge in [0.2, 0.25) is 0 Å². The molecule has 0 spiro atoms. The summed E-state index contributed by atoms with van der Waals surface area (Å²) in [5, 5.41) is 24.5. The van der Waals surface area contributed by atoms with Crippen LogP contribution in [0.2, 0.25) is 0 Å². The summed E-state index contributed by atoms with van der Waals surface area (Å²) >= 11 is 0. The number of rotatable bonds is 8. The Morgan fingerprint density at radius 2 is 1.80 bits per heavy atom. The van der Waals surface area contributed by atoms with Crippen LogP contribution >= 0.6 is 0 Å². The van der Waals surface area contributed by atoms with Crippen molar-refractivity contribution in [1.82, 2.24) is 9.78 Å². The summed E-state index contributed by atoms with van der Waals surface area (Å²) in [7, 11) is 0. The van der Waals surface area contributed by atoms with E-state index in [2.05, 4.69) is 37.6 Å². The Morgan fingerprint density at radius 3 is 2.40 bits per heavy atom. The van der Waals surface area contributed by atoms with Crippen molar-refractivity contribution in [3.63, 3.8) is 0 Å². The maximum atomic E-state index is 10.2. The number of hydrogen-bond acceptors (Lipinski definition) is 5. The second-order valence-electron chi connectivity index (χ2n) is 8.93. The highest BCUT2D eigenvalue weighted by atomic mass is 16.5. The zero-order chi connectivity index (χ0) is 21.8. The normalized spacial score (nSPS) is 22.1. The van der Waals surface area contributed by atoms with Gasteiger partial charge < -0.3 is 19.7 Å². The van der Waals surface area contributed by atoms with Crippen LogP contribution in [0.3, 0.4) is 0 Å². The summed E-state index contributed by atoms with van der Waals surface area (Å²) in [6.45, 7) is 10.4. The number of benzene rings is 1. The number of aromatic nitrogens is 2. The molecule has 30 heavy (non-hydrogen) atoms. The number of ether oxygens (including phenoxy) is 2. The van der Waals surface area contributed by atoms with Crippen molar-refractivity contribution in [2.75, 3.05) is 6.61 Å². The van der Waals surface area contributed by atoms with Gasteiger partial charge in [-0.05, 0) is 58.7 Å². The Hall–Kier alpha value is -1.89. The molecule has 1 fully saturated rings. The molecule has 6 heteroatoms. The highest BCUT2D eigenvalue weighted by molar-refractivity contribution is 5.36. The Morgan fingerprint density at radius 1 is 1.13 bits per heavy atom. The molecule has 2 aromatic rings. The molecule has 1 aliphatic rings. The Balaban J connectivity index is 1.82. The van der Waals surface area contributed by atoms with Gasteiger partial charge in [-0.1, -0.05) is 12.1 Å². The molecule has 2 N–H and O–H groups in total. The van der Waals surface area contributed by atoms with Gasteiger partial charge in [-0.25, -0.2) is 0 Å². The minimum Gasteiger partial charge on any atom is -0.491 e. The minimum absolute atomic E-state index is 0.0648. The van der Waals surface area contributed by atoms with Gasteiger partial charge in [0.15, 0.2) is 0 Å². The average Bonchev–Trinajstić information content (AvgIpc) is 2.98. The molecule has 1 saturated heterocycles. The van der Waals surface area contributed by atoms with Crippen molar-refractivity contribution >= 4 is 0 Å². The first-order chi connectivity index (χ1) is 14.3. The Bertz CT molecular complexity index is 813. The van der Waals surface area contributed by atoms with Crippen molar-refractivity contribution < 1.29 is 19.7 Å². The summed E-state index contributed by atoms with van der Waals surface area (Å²) in [5.74, 6) is 0.878. The van der Waals surface area contributed by atoms with Crippen LogP contribution < -0.4 is 4.74 Å². The van der Waals surface area contributed by atoms with E-state index in [4.69, 9.17) is 14.6 Å². The molecule has 2 heterocycles. The van der Waals surface area contributed by atoms with E-state index in [0.29, 0.717) is 19.3 Å². The SMILES string of the molecule is Cc1c(Cc2ccc(OC(C)C)cc2)c(CC2CC(O)CC(CO)O2)nn1C(C)C. The van der Waals surface area contributed by atoms with E-state index in [-0.39, 0.29) is 31.0 Å². The zero-order valence-corrected chi connectivity index (χ0v) is 18.8. The molecule has 3 atom stereocenters. The third-order valence-electron chi connectivity index (χ3n) is 5.60. The molecule has 3 unspecified atom stereocenters. The molecule has 0 radical (unpaired) electrons. The molecule has 0 amide bonds. The fourth-order valence-electron chi connectivity index (χ4n) is 4.22. The van der Waals surface area contributed by atoms with Crippen LogP contribution in [-0.4, -0.2) is 51.0 Å². The highest BCUT2D eigenvalue weighted by Gasteiger charge is 2.30. The molecule has 1 aliphatic heterocycles. The third kappa shape index (κ3) is 5.62. The predicted molar refractivity (Wildman–Crippen MR) is 117 cm³/mol. The number of aliphatic hydroxyl groups is 2. The maximum absolute atomic E-state index is 10.2. The number of hydrogen-bond donors (Lipinski definition) is 2. The lowest BCUT2D eigenvalue weighted by Gasteiger charge is -2.32. The van der Waals surface area contributed by atoms with Crippen LogP contribution in [-0.2, 0) is 17.6 Å². The van der Waals surface area contributed by atoms with Crippen LogP contribution in [0.4, 0.5) is 0 Å². The first-order valence-corrected chi connectivity index (χ1v) is 11.0. The summed E-state index contributed by atoms with van der Waals surface area (Å²) in [4.78, 5) is 0. The summed E-state index contributed by atoms with van der Waals surface area (Å²) in [6.07, 6.45) is 1.76. The van der Waals surface area contributed by atoms with E-state index in [1.165, 1.54) is 11.1 Å². The second-order valence-corrected chi connectivity index (χ2v) is 8.93. The van der Waals surface area contributed by atoms with Crippen LogP contribution in [0.25, 0.3) is 0 Å². The lowest BCUT2D eigenvalue weighted by atomic mass is 9.95. The Labute approximate surface area is 179 Å². The molecule has 0 saturated carbocycles. The Kier molecular flexibility index (Phi) is 7.55. The van der Waals surface area contributed by atoms with E-state index >= 15 is 0 Å². The van der Waals surface area contributed by atoms with Gasteiger partial charge >= 0.3 is 0 Å². The maximum Gasteiger partial charge on any atom is 0.119 e. The molecule has 3 rings (SSSR count). The molecular formula is C24H36N2O4. The van der Waals surface area contributed by atoms with Crippen LogP contribution in [0, 0.1) is 6.92 Å². The van der Waals surface area contributed by atoms with Gasteiger partial charge in [-0.15, -0.1) is 0 Å². The largest absolute Gasteiger partial charge is 0.491 e. The zero-order valence-electron chi connectivity index (χ0n) is 18.8. The standard InChI is InChI=1S/C24H36N2O4/c1-15(2)26-17(5)23(10-18-6-8-20(9-7-18)29-16(3)4)24(25-26)13-21-11-19(28)12-22(14-27)30-21/h6-9,15-16,19,21-22,27-28H,10-14H2,1-5H3. The fourth-order valence-corrected chi connectivity index (χ4v) is 4.22. The molecule has 0 aliphatic carbocycles. The van der Waals surface area contributed by atoms with Crippen LogP contribution in [0.1, 0.15) is 69.1 Å².